The van der Waals surface area contributed by atoms with Gasteiger partial charge in [-0.1, -0.05) is 40.3 Å². The highest BCUT2D eigenvalue weighted by Crippen LogP contribution is 2.19. The van der Waals surface area contributed by atoms with Gasteiger partial charge in [0, 0.05) is 0 Å². The predicted molar refractivity (Wildman–Crippen MR) is 96.0 cm³/mol. The van der Waals surface area contributed by atoms with Gasteiger partial charge in [-0.05, 0) is 49.4 Å². The summed E-state index contributed by atoms with van der Waals surface area (Å²) < 4.78 is 10.8. The standard InChI is InChI=1S/C20H28O4/c1-8-16-11-17(19(21)23-14(6)12(2)3)9-10-18(16)20(22)24-15(7)13(4)5/h8-15H,1H2,2-7H3. The van der Waals surface area contributed by atoms with E-state index in [9.17, 15) is 9.59 Å². The van der Waals surface area contributed by atoms with E-state index in [-0.39, 0.29) is 24.0 Å². The summed E-state index contributed by atoms with van der Waals surface area (Å²) in [6, 6.07) is 4.78. The van der Waals surface area contributed by atoms with Crippen molar-refractivity contribution < 1.29 is 19.1 Å². The third-order valence-electron chi connectivity index (χ3n) is 4.19. The van der Waals surface area contributed by atoms with Gasteiger partial charge in [0.15, 0.2) is 0 Å². The summed E-state index contributed by atoms with van der Waals surface area (Å²) in [5, 5.41) is 0. The molecule has 0 aliphatic rings. The minimum absolute atomic E-state index is 0.179. The fraction of sp³-hybridized carbons (Fsp3) is 0.500. The number of carbonyl (C=O) groups excluding carboxylic acids is 2. The lowest BCUT2D eigenvalue weighted by atomic mass is 10.0. The summed E-state index contributed by atoms with van der Waals surface area (Å²) in [4.78, 5) is 24.5. The highest BCUT2D eigenvalue weighted by molar-refractivity contribution is 5.97. The van der Waals surface area contributed by atoms with Crippen molar-refractivity contribution in [2.75, 3.05) is 0 Å². The number of hydrogen-bond acceptors (Lipinski definition) is 4. The topological polar surface area (TPSA) is 52.6 Å². The van der Waals surface area contributed by atoms with Crippen LogP contribution >= 0.6 is 0 Å². The van der Waals surface area contributed by atoms with E-state index in [0.29, 0.717) is 16.7 Å². The number of ether oxygens (including phenoxy) is 2. The lowest BCUT2D eigenvalue weighted by Gasteiger charge is -2.18. The van der Waals surface area contributed by atoms with Crippen molar-refractivity contribution in [3.8, 4) is 0 Å². The fourth-order valence-corrected chi connectivity index (χ4v) is 1.79. The van der Waals surface area contributed by atoms with Gasteiger partial charge in [0.1, 0.15) is 12.2 Å². The van der Waals surface area contributed by atoms with Gasteiger partial charge in [-0.2, -0.15) is 0 Å². The molecule has 0 heterocycles. The molecule has 0 amide bonds. The summed E-state index contributed by atoms with van der Waals surface area (Å²) in [6.07, 6.45) is 1.17. The molecule has 0 aliphatic heterocycles. The molecule has 0 bridgehead atoms. The van der Waals surface area contributed by atoms with E-state index in [0.717, 1.165) is 0 Å². The second kappa shape index (κ2) is 8.67. The average molecular weight is 332 g/mol. The first-order valence-corrected chi connectivity index (χ1v) is 8.35. The first kappa shape index (κ1) is 19.9. The third kappa shape index (κ3) is 5.22. The zero-order valence-corrected chi connectivity index (χ0v) is 15.5. The minimum Gasteiger partial charge on any atom is -0.459 e. The normalized spacial score (nSPS) is 13.5. The molecule has 2 atom stereocenters. The highest BCUT2D eigenvalue weighted by atomic mass is 16.5. The molecular weight excluding hydrogens is 304 g/mol. The van der Waals surface area contributed by atoms with Crippen molar-refractivity contribution in [3.63, 3.8) is 0 Å². The Kier molecular flexibility index (Phi) is 7.20. The zero-order chi connectivity index (χ0) is 18.4. The van der Waals surface area contributed by atoms with Crippen LogP contribution in [-0.4, -0.2) is 24.1 Å². The molecule has 0 fully saturated rings. The quantitative estimate of drug-likeness (QED) is 0.677. The van der Waals surface area contributed by atoms with Crippen LogP contribution in [0.5, 0.6) is 0 Å². The van der Waals surface area contributed by atoms with E-state index in [4.69, 9.17) is 9.47 Å². The van der Waals surface area contributed by atoms with E-state index in [2.05, 4.69) is 6.58 Å². The summed E-state index contributed by atoms with van der Waals surface area (Å²) in [5.74, 6) is -0.358. The number of rotatable bonds is 7. The smallest absolute Gasteiger partial charge is 0.339 e. The number of benzene rings is 1. The Morgan fingerprint density at radius 1 is 0.917 bits per heavy atom. The van der Waals surface area contributed by atoms with E-state index >= 15 is 0 Å². The van der Waals surface area contributed by atoms with Crippen LogP contribution in [0.3, 0.4) is 0 Å². The lowest BCUT2D eigenvalue weighted by molar-refractivity contribution is 0.0224. The van der Waals surface area contributed by atoms with Gasteiger partial charge < -0.3 is 9.47 Å². The molecular formula is C20H28O4. The summed E-state index contributed by atoms with van der Waals surface area (Å²) in [6.45, 7) is 15.4. The van der Waals surface area contributed by atoms with Gasteiger partial charge in [0.05, 0.1) is 11.1 Å². The van der Waals surface area contributed by atoms with E-state index in [1.807, 2.05) is 41.5 Å². The number of carbonyl (C=O) groups is 2. The maximum Gasteiger partial charge on any atom is 0.339 e. The molecule has 0 spiro atoms. The van der Waals surface area contributed by atoms with E-state index in [1.165, 1.54) is 0 Å². The third-order valence-corrected chi connectivity index (χ3v) is 4.19. The molecule has 1 rings (SSSR count). The predicted octanol–water partition coefficient (Wildman–Crippen LogP) is 4.73. The minimum atomic E-state index is -0.415. The Bertz CT molecular complexity index is 602. The molecule has 0 aliphatic carbocycles. The largest absolute Gasteiger partial charge is 0.459 e. The summed E-state index contributed by atoms with van der Waals surface area (Å²) >= 11 is 0. The van der Waals surface area contributed by atoms with E-state index < -0.39 is 11.9 Å². The number of hydrogen-bond donors (Lipinski definition) is 0. The molecule has 24 heavy (non-hydrogen) atoms. The van der Waals surface area contributed by atoms with Crippen LogP contribution in [0.15, 0.2) is 24.8 Å². The summed E-state index contributed by atoms with van der Waals surface area (Å²) in [5.41, 5.74) is 1.35. The first-order chi connectivity index (χ1) is 11.2. The van der Waals surface area contributed by atoms with Crippen LogP contribution in [0.1, 0.15) is 67.8 Å². The van der Waals surface area contributed by atoms with Gasteiger partial charge >= 0.3 is 11.9 Å². The Morgan fingerprint density at radius 2 is 1.42 bits per heavy atom. The Balaban J connectivity index is 2.98. The molecule has 1 aromatic rings. The molecule has 0 radical (unpaired) electrons. The van der Waals surface area contributed by atoms with Gasteiger partial charge in [-0.3, -0.25) is 0 Å². The van der Waals surface area contributed by atoms with Crippen LogP contribution in [0.2, 0.25) is 0 Å². The van der Waals surface area contributed by atoms with Crippen molar-refractivity contribution in [1.29, 1.82) is 0 Å². The second-order valence-electron chi connectivity index (χ2n) is 6.72. The van der Waals surface area contributed by atoms with Gasteiger partial charge in [-0.15, -0.1) is 0 Å². The molecule has 132 valence electrons. The summed E-state index contributed by atoms with van der Waals surface area (Å²) in [7, 11) is 0. The molecule has 2 unspecified atom stereocenters. The molecule has 0 saturated heterocycles. The van der Waals surface area contributed by atoms with Crippen LogP contribution < -0.4 is 0 Å². The second-order valence-corrected chi connectivity index (χ2v) is 6.72. The molecule has 4 nitrogen and oxygen atoms in total. The van der Waals surface area contributed by atoms with Crippen molar-refractivity contribution in [3.05, 3.63) is 41.5 Å². The van der Waals surface area contributed by atoms with Crippen LogP contribution in [0, 0.1) is 11.8 Å². The fourth-order valence-electron chi connectivity index (χ4n) is 1.79. The molecule has 0 aromatic heterocycles. The van der Waals surface area contributed by atoms with Crippen molar-refractivity contribution in [1.82, 2.24) is 0 Å². The average Bonchev–Trinajstić information content (AvgIpc) is 2.53. The Hall–Kier alpha value is -2.10. The van der Waals surface area contributed by atoms with Crippen LogP contribution in [0.4, 0.5) is 0 Å². The SMILES string of the molecule is C=Cc1cc(C(=O)OC(C)C(C)C)ccc1C(=O)OC(C)C(C)C. The maximum atomic E-state index is 12.3. The maximum absolute atomic E-state index is 12.3. The van der Waals surface area contributed by atoms with E-state index in [1.54, 1.807) is 24.3 Å². The molecule has 0 N–H and O–H groups in total. The van der Waals surface area contributed by atoms with Gasteiger partial charge in [0.2, 0.25) is 0 Å². The molecule has 4 heteroatoms. The van der Waals surface area contributed by atoms with Crippen molar-refractivity contribution in [2.45, 2.75) is 53.8 Å². The first-order valence-electron chi connectivity index (χ1n) is 8.35. The van der Waals surface area contributed by atoms with Crippen molar-refractivity contribution >= 4 is 18.0 Å². The molecule has 1 aromatic carbocycles. The van der Waals surface area contributed by atoms with Crippen LogP contribution in [-0.2, 0) is 9.47 Å². The number of esters is 2. The van der Waals surface area contributed by atoms with Gasteiger partial charge in [0.25, 0.3) is 0 Å². The van der Waals surface area contributed by atoms with Crippen molar-refractivity contribution in [2.24, 2.45) is 11.8 Å². The lowest BCUT2D eigenvalue weighted by Crippen LogP contribution is -2.22. The highest BCUT2D eigenvalue weighted by Gasteiger charge is 2.20. The Labute approximate surface area is 144 Å². The zero-order valence-electron chi connectivity index (χ0n) is 15.5. The Morgan fingerprint density at radius 3 is 1.88 bits per heavy atom. The van der Waals surface area contributed by atoms with Gasteiger partial charge in [-0.25, -0.2) is 9.59 Å². The van der Waals surface area contributed by atoms with Crippen LogP contribution in [0.25, 0.3) is 6.08 Å². The monoisotopic (exact) mass is 332 g/mol. The molecule has 0 saturated carbocycles.